The summed E-state index contributed by atoms with van der Waals surface area (Å²) in [6, 6.07) is 12.5. The van der Waals surface area contributed by atoms with Gasteiger partial charge in [0.2, 0.25) is 5.91 Å². The number of rotatable bonds is 10. The van der Waals surface area contributed by atoms with E-state index in [1.54, 1.807) is 43.5 Å². The summed E-state index contributed by atoms with van der Waals surface area (Å²) in [6.07, 6.45) is 3.97. The Labute approximate surface area is 188 Å². The molecule has 0 aliphatic heterocycles. The first-order chi connectivity index (χ1) is 15.4. The molecule has 166 valence electrons. The van der Waals surface area contributed by atoms with Gasteiger partial charge in [-0.3, -0.25) is 19.6 Å². The van der Waals surface area contributed by atoms with Gasteiger partial charge in [-0.2, -0.15) is 10.2 Å². The van der Waals surface area contributed by atoms with Crippen molar-refractivity contribution in [1.29, 1.82) is 0 Å². The van der Waals surface area contributed by atoms with Gasteiger partial charge in [-0.25, -0.2) is 5.43 Å². The lowest BCUT2D eigenvalue weighted by atomic mass is 10.1. The maximum atomic E-state index is 11.9. The van der Waals surface area contributed by atoms with Gasteiger partial charge >= 0.3 is 5.69 Å². The molecule has 3 rings (SSSR count). The highest BCUT2D eigenvalue weighted by molar-refractivity contribution is 6.30. The number of hydrogen-bond donors (Lipinski definition) is 1. The van der Waals surface area contributed by atoms with Crippen LogP contribution >= 0.6 is 11.6 Å². The average molecular weight is 458 g/mol. The Hall–Kier alpha value is -3.92. The van der Waals surface area contributed by atoms with Gasteiger partial charge in [-0.05, 0) is 48.0 Å². The standard InChI is InChI=1S/C21H20ClN5O5/c1-31-20-7-2-15(10-16(20)14-32-19-5-3-17(22)4-6-19)11-23-25-21(28)8-9-26-13-18(12-24-26)27(29)30/h2-7,10-13H,8-9,14H2,1H3,(H,25,28)/b23-11-. The molecule has 1 heterocycles. The van der Waals surface area contributed by atoms with E-state index < -0.39 is 4.92 Å². The fraction of sp³-hybridized carbons (Fsp3) is 0.190. The number of aryl methyl sites for hydroxylation is 1. The van der Waals surface area contributed by atoms with Crippen LogP contribution in [-0.2, 0) is 17.9 Å². The summed E-state index contributed by atoms with van der Waals surface area (Å²) in [5.74, 6) is 0.984. The summed E-state index contributed by atoms with van der Waals surface area (Å²) in [5.41, 5.74) is 3.84. The van der Waals surface area contributed by atoms with Crippen LogP contribution in [0, 0.1) is 10.1 Å². The molecule has 1 N–H and O–H groups in total. The monoisotopic (exact) mass is 457 g/mol. The van der Waals surface area contributed by atoms with Gasteiger partial charge in [0.25, 0.3) is 0 Å². The van der Waals surface area contributed by atoms with Crippen LogP contribution in [0.1, 0.15) is 17.5 Å². The number of ether oxygens (including phenoxy) is 2. The summed E-state index contributed by atoms with van der Waals surface area (Å²) in [4.78, 5) is 22.1. The van der Waals surface area contributed by atoms with E-state index in [4.69, 9.17) is 21.1 Å². The maximum absolute atomic E-state index is 11.9. The van der Waals surface area contributed by atoms with Crippen LogP contribution in [0.3, 0.4) is 0 Å². The minimum absolute atomic E-state index is 0.0684. The molecular formula is C21H20ClN5O5. The van der Waals surface area contributed by atoms with E-state index in [0.29, 0.717) is 16.5 Å². The molecule has 32 heavy (non-hydrogen) atoms. The van der Waals surface area contributed by atoms with Gasteiger partial charge in [-0.1, -0.05) is 11.6 Å². The van der Waals surface area contributed by atoms with Crippen LogP contribution in [0.4, 0.5) is 5.69 Å². The molecular weight excluding hydrogens is 438 g/mol. The van der Waals surface area contributed by atoms with Crippen LogP contribution in [0.2, 0.25) is 5.02 Å². The van der Waals surface area contributed by atoms with Crippen molar-refractivity contribution in [2.75, 3.05) is 7.11 Å². The number of methoxy groups -OCH3 is 1. The summed E-state index contributed by atoms with van der Waals surface area (Å²) in [7, 11) is 1.57. The van der Waals surface area contributed by atoms with Crippen molar-refractivity contribution in [2.24, 2.45) is 5.10 Å². The molecule has 0 aliphatic carbocycles. The molecule has 0 spiro atoms. The molecule has 0 atom stereocenters. The van der Waals surface area contributed by atoms with Crippen molar-refractivity contribution >= 4 is 29.4 Å². The second-order valence-electron chi connectivity index (χ2n) is 6.58. The Morgan fingerprint density at radius 2 is 2.09 bits per heavy atom. The van der Waals surface area contributed by atoms with Crippen LogP contribution in [0.25, 0.3) is 0 Å². The molecule has 10 nitrogen and oxygen atoms in total. The molecule has 0 aliphatic rings. The zero-order valence-corrected chi connectivity index (χ0v) is 17.9. The quantitative estimate of drug-likeness (QED) is 0.282. The molecule has 0 unspecified atom stereocenters. The van der Waals surface area contributed by atoms with Gasteiger partial charge in [0.05, 0.1) is 24.8 Å². The fourth-order valence-corrected chi connectivity index (χ4v) is 2.83. The summed E-state index contributed by atoms with van der Waals surface area (Å²) in [6.45, 7) is 0.471. The lowest BCUT2D eigenvalue weighted by Crippen LogP contribution is -2.19. The van der Waals surface area contributed by atoms with E-state index in [2.05, 4.69) is 15.6 Å². The minimum Gasteiger partial charge on any atom is -0.496 e. The summed E-state index contributed by atoms with van der Waals surface area (Å²) >= 11 is 5.88. The third kappa shape index (κ3) is 6.54. The van der Waals surface area contributed by atoms with Crippen LogP contribution < -0.4 is 14.9 Å². The van der Waals surface area contributed by atoms with E-state index in [0.717, 1.165) is 17.3 Å². The molecule has 0 radical (unpaired) electrons. The Bertz CT molecular complexity index is 1110. The van der Waals surface area contributed by atoms with Crippen molar-refractivity contribution < 1.29 is 19.2 Å². The van der Waals surface area contributed by atoms with Gasteiger partial charge in [-0.15, -0.1) is 0 Å². The number of halogens is 1. The number of carbonyl (C=O) groups excluding carboxylic acids is 1. The van der Waals surface area contributed by atoms with Gasteiger partial charge in [0.1, 0.15) is 30.5 Å². The number of hydrazone groups is 1. The van der Waals surface area contributed by atoms with Crippen molar-refractivity contribution in [3.05, 3.63) is 81.1 Å². The Kier molecular flexibility index (Phi) is 7.76. The number of hydrogen-bond acceptors (Lipinski definition) is 7. The average Bonchev–Trinajstić information content (AvgIpc) is 3.27. The Morgan fingerprint density at radius 3 is 2.78 bits per heavy atom. The molecule has 11 heteroatoms. The van der Waals surface area contributed by atoms with Crippen LogP contribution in [0.15, 0.2) is 60.0 Å². The highest BCUT2D eigenvalue weighted by Crippen LogP contribution is 2.22. The molecule has 1 amide bonds. The number of nitro groups is 1. The van der Waals surface area contributed by atoms with Gasteiger partial charge < -0.3 is 9.47 Å². The van der Waals surface area contributed by atoms with Crippen molar-refractivity contribution in [2.45, 2.75) is 19.6 Å². The number of benzene rings is 2. The highest BCUT2D eigenvalue weighted by Gasteiger charge is 2.10. The second-order valence-corrected chi connectivity index (χ2v) is 7.01. The van der Waals surface area contributed by atoms with E-state index >= 15 is 0 Å². The highest BCUT2D eigenvalue weighted by atomic mass is 35.5. The number of nitrogens with zero attached hydrogens (tertiary/aromatic N) is 4. The van der Waals surface area contributed by atoms with Gasteiger partial charge in [0, 0.05) is 17.0 Å². The molecule has 0 fully saturated rings. The SMILES string of the molecule is COc1ccc(/C=N\NC(=O)CCn2cc([N+](=O)[O-])cn2)cc1COc1ccc(Cl)cc1. The number of amides is 1. The number of aromatic nitrogens is 2. The third-order valence-electron chi connectivity index (χ3n) is 4.31. The topological polar surface area (TPSA) is 121 Å². The van der Waals surface area contributed by atoms with E-state index in [1.807, 2.05) is 6.07 Å². The minimum atomic E-state index is -0.544. The largest absolute Gasteiger partial charge is 0.496 e. The second kappa shape index (κ2) is 10.9. The predicted molar refractivity (Wildman–Crippen MR) is 118 cm³/mol. The van der Waals surface area contributed by atoms with Crippen molar-refractivity contribution in [3.8, 4) is 11.5 Å². The van der Waals surface area contributed by atoms with Crippen molar-refractivity contribution in [3.63, 3.8) is 0 Å². The van der Waals surface area contributed by atoms with Crippen molar-refractivity contribution in [1.82, 2.24) is 15.2 Å². The smallest absolute Gasteiger partial charge is 0.306 e. The van der Waals surface area contributed by atoms with E-state index in [1.165, 1.54) is 17.1 Å². The first kappa shape index (κ1) is 22.8. The van der Waals surface area contributed by atoms with Crippen LogP contribution in [0.5, 0.6) is 11.5 Å². The number of nitrogens with one attached hydrogen (secondary N) is 1. The molecule has 2 aromatic carbocycles. The lowest BCUT2D eigenvalue weighted by Gasteiger charge is -2.11. The molecule has 0 bridgehead atoms. The molecule has 3 aromatic rings. The Morgan fingerprint density at radius 1 is 1.31 bits per heavy atom. The molecule has 0 saturated heterocycles. The predicted octanol–water partition coefficient (Wildman–Crippen LogP) is 3.57. The first-order valence-electron chi connectivity index (χ1n) is 9.48. The summed E-state index contributed by atoms with van der Waals surface area (Å²) in [5, 5.41) is 19.1. The first-order valence-corrected chi connectivity index (χ1v) is 9.86. The third-order valence-corrected chi connectivity index (χ3v) is 4.57. The fourth-order valence-electron chi connectivity index (χ4n) is 2.70. The number of carbonyl (C=O) groups is 1. The van der Waals surface area contributed by atoms with Crippen LogP contribution in [-0.4, -0.2) is 33.9 Å². The normalized spacial score (nSPS) is 10.8. The maximum Gasteiger partial charge on any atom is 0.306 e. The zero-order valence-electron chi connectivity index (χ0n) is 17.1. The lowest BCUT2D eigenvalue weighted by molar-refractivity contribution is -0.385. The Balaban J connectivity index is 1.53. The molecule has 1 aromatic heterocycles. The zero-order chi connectivity index (χ0) is 22.9. The summed E-state index contributed by atoms with van der Waals surface area (Å²) < 4.78 is 12.5. The van der Waals surface area contributed by atoms with E-state index in [9.17, 15) is 14.9 Å². The van der Waals surface area contributed by atoms with Gasteiger partial charge in [0.15, 0.2) is 0 Å². The molecule has 0 saturated carbocycles. The van der Waals surface area contributed by atoms with E-state index in [-0.39, 0.29) is 31.2 Å².